The topological polar surface area (TPSA) is 74.0 Å². The Morgan fingerprint density at radius 3 is 2.81 bits per heavy atom. The number of carbonyl (C=O) groups excluding carboxylic acids is 2. The number of carbonyl (C=O) groups is 2. The molecule has 2 atom stereocenters. The van der Waals surface area contributed by atoms with Gasteiger partial charge in [0.25, 0.3) is 5.91 Å². The van der Waals surface area contributed by atoms with E-state index >= 15 is 0 Å². The van der Waals surface area contributed by atoms with Crippen molar-refractivity contribution >= 4 is 56.6 Å². The Kier molecular flexibility index (Phi) is 4.65. The van der Waals surface area contributed by atoms with E-state index in [1.54, 1.807) is 6.07 Å². The molecule has 3 N–H and O–H groups in total. The van der Waals surface area contributed by atoms with Gasteiger partial charge >= 0.3 is 0 Å². The number of hydrogen-bond donors (Lipinski definition) is 3. The number of alkyl halides is 1. The van der Waals surface area contributed by atoms with Crippen LogP contribution in [0, 0.1) is 0 Å². The number of hydrogen-bond acceptors (Lipinski definition) is 3. The molecule has 2 aromatic heterocycles. The highest BCUT2D eigenvalue weighted by atomic mass is 35.5. The molecule has 0 fully saturated rings. The van der Waals surface area contributed by atoms with E-state index in [1.807, 2.05) is 30.3 Å². The van der Waals surface area contributed by atoms with Gasteiger partial charge in [0.2, 0.25) is 5.91 Å². The normalized spacial score (nSPS) is 18.7. The van der Waals surface area contributed by atoms with Crippen LogP contribution in [0.25, 0.3) is 10.2 Å². The summed E-state index contributed by atoms with van der Waals surface area (Å²) in [6, 6.07) is 10.9. The van der Waals surface area contributed by atoms with E-state index in [4.69, 9.17) is 23.2 Å². The lowest BCUT2D eigenvalue weighted by molar-refractivity contribution is -0.119. The van der Waals surface area contributed by atoms with Crippen molar-refractivity contribution in [1.82, 2.24) is 15.6 Å². The van der Waals surface area contributed by atoms with Crippen molar-refractivity contribution in [1.29, 1.82) is 0 Å². The Labute approximate surface area is 163 Å². The summed E-state index contributed by atoms with van der Waals surface area (Å²) in [5, 5.41) is 6.85. The van der Waals surface area contributed by atoms with Crippen LogP contribution < -0.4 is 10.6 Å². The molecule has 1 aliphatic carbocycles. The van der Waals surface area contributed by atoms with Crippen molar-refractivity contribution in [3.63, 3.8) is 0 Å². The van der Waals surface area contributed by atoms with Crippen molar-refractivity contribution in [3.05, 3.63) is 57.6 Å². The molecule has 134 valence electrons. The van der Waals surface area contributed by atoms with Gasteiger partial charge in [0, 0.05) is 5.39 Å². The molecule has 2 amide bonds. The molecule has 0 unspecified atom stereocenters. The van der Waals surface area contributed by atoms with Crippen LogP contribution in [0.4, 0.5) is 0 Å². The monoisotopic (exact) mass is 407 g/mol. The summed E-state index contributed by atoms with van der Waals surface area (Å²) in [4.78, 5) is 28.5. The molecule has 0 radical (unpaired) electrons. The first-order chi connectivity index (χ1) is 12.5. The zero-order chi connectivity index (χ0) is 18.3. The van der Waals surface area contributed by atoms with Crippen molar-refractivity contribution in [3.8, 4) is 0 Å². The molecule has 0 saturated carbocycles. The van der Waals surface area contributed by atoms with Gasteiger partial charge in [-0.2, -0.15) is 0 Å². The lowest BCUT2D eigenvalue weighted by atomic mass is 10.1. The highest BCUT2D eigenvalue weighted by molar-refractivity contribution is 7.22. The average Bonchev–Trinajstić information content (AvgIpc) is 3.26. The predicted octanol–water partition coefficient (Wildman–Crippen LogP) is 3.63. The number of aromatic amines is 1. The maximum atomic E-state index is 12.7. The highest BCUT2D eigenvalue weighted by Gasteiger charge is 2.34. The molecule has 1 aromatic carbocycles. The van der Waals surface area contributed by atoms with Crippen molar-refractivity contribution in [2.75, 3.05) is 5.88 Å². The molecule has 0 bridgehead atoms. The van der Waals surface area contributed by atoms with Crippen LogP contribution in [0.15, 0.2) is 36.4 Å². The Morgan fingerprint density at radius 2 is 2.04 bits per heavy atom. The van der Waals surface area contributed by atoms with E-state index in [0.29, 0.717) is 16.5 Å². The smallest absolute Gasteiger partial charge is 0.268 e. The molecule has 0 aliphatic heterocycles. The summed E-state index contributed by atoms with van der Waals surface area (Å²) in [6.45, 7) is 0. The van der Waals surface area contributed by atoms with E-state index in [0.717, 1.165) is 21.3 Å². The number of rotatable bonds is 4. The zero-order valence-corrected chi connectivity index (χ0v) is 15.8. The largest absolute Gasteiger partial charge is 0.346 e. The molecule has 26 heavy (non-hydrogen) atoms. The number of aromatic nitrogens is 1. The van der Waals surface area contributed by atoms with Gasteiger partial charge in [-0.1, -0.05) is 35.9 Å². The number of amides is 2. The quantitative estimate of drug-likeness (QED) is 0.577. The minimum Gasteiger partial charge on any atom is -0.346 e. The number of thiophene rings is 1. The summed E-state index contributed by atoms with van der Waals surface area (Å²) >= 11 is 13.0. The highest BCUT2D eigenvalue weighted by Crippen LogP contribution is 2.32. The number of halogens is 2. The summed E-state index contributed by atoms with van der Waals surface area (Å²) in [6.07, 6.45) is 0.649. The van der Waals surface area contributed by atoms with Gasteiger partial charge in [0.15, 0.2) is 0 Å². The number of fused-ring (bicyclic) bond motifs is 2. The Bertz CT molecular complexity index is 966. The van der Waals surface area contributed by atoms with E-state index in [-0.39, 0.29) is 29.8 Å². The van der Waals surface area contributed by atoms with Gasteiger partial charge in [0.05, 0.1) is 16.4 Å². The maximum Gasteiger partial charge on any atom is 0.268 e. The third-order valence-corrected chi connectivity index (χ3v) is 5.95. The first kappa shape index (κ1) is 17.4. The van der Waals surface area contributed by atoms with Crippen LogP contribution in [0.3, 0.4) is 0 Å². The fourth-order valence-electron chi connectivity index (χ4n) is 3.38. The predicted molar refractivity (Wildman–Crippen MR) is 104 cm³/mol. The second-order valence-corrected chi connectivity index (χ2v) is 8.13. The van der Waals surface area contributed by atoms with Crippen LogP contribution in [0.1, 0.15) is 27.7 Å². The minimum absolute atomic E-state index is 0.118. The van der Waals surface area contributed by atoms with Gasteiger partial charge in [0.1, 0.15) is 16.4 Å². The van der Waals surface area contributed by atoms with E-state index in [2.05, 4.69) is 15.6 Å². The molecule has 4 rings (SSSR count). The number of benzene rings is 1. The molecule has 0 spiro atoms. The van der Waals surface area contributed by atoms with Gasteiger partial charge in [-0.25, -0.2) is 0 Å². The Hall–Kier alpha value is -2.02. The number of H-pyrrole nitrogens is 1. The SMILES string of the molecule is O=C(CCl)N[C@H]1c2ccccc2C[C@H]1NC(=O)c1cc2cc(Cl)sc2[nH]1. The first-order valence-corrected chi connectivity index (χ1v) is 9.80. The standard InChI is InChI=1S/C18H15Cl2N3O2S/c19-8-15(24)23-16-11-4-2-1-3-9(11)5-12(16)21-17(25)13-6-10-7-14(20)26-18(10)22-13/h1-4,6-7,12,16,22H,5,8H2,(H,21,25)(H,23,24)/t12-,16+/m1/s1. The van der Waals surface area contributed by atoms with Crippen LogP contribution >= 0.6 is 34.5 Å². The van der Waals surface area contributed by atoms with Crippen molar-refractivity contribution in [2.45, 2.75) is 18.5 Å². The minimum atomic E-state index is -0.299. The molecule has 1 aliphatic rings. The molecule has 8 heteroatoms. The van der Waals surface area contributed by atoms with Gasteiger partial charge in [-0.3, -0.25) is 9.59 Å². The lowest BCUT2D eigenvalue weighted by Gasteiger charge is -2.22. The van der Waals surface area contributed by atoms with E-state index in [1.165, 1.54) is 11.3 Å². The second-order valence-electron chi connectivity index (χ2n) is 6.18. The Balaban J connectivity index is 1.56. The molecule has 3 aromatic rings. The van der Waals surface area contributed by atoms with Crippen LogP contribution in [-0.4, -0.2) is 28.7 Å². The lowest BCUT2D eigenvalue weighted by Crippen LogP contribution is -2.44. The summed E-state index contributed by atoms with van der Waals surface area (Å²) < 4.78 is 0.674. The third-order valence-electron chi connectivity index (χ3n) is 4.51. The fourth-order valence-corrected chi connectivity index (χ4v) is 4.58. The van der Waals surface area contributed by atoms with Crippen LogP contribution in [-0.2, 0) is 11.2 Å². The molecule has 2 heterocycles. The average molecular weight is 408 g/mol. The van der Waals surface area contributed by atoms with Gasteiger partial charge < -0.3 is 15.6 Å². The maximum absolute atomic E-state index is 12.7. The van der Waals surface area contributed by atoms with Gasteiger partial charge in [-0.15, -0.1) is 22.9 Å². The van der Waals surface area contributed by atoms with E-state index in [9.17, 15) is 9.59 Å². The van der Waals surface area contributed by atoms with Crippen LogP contribution in [0.2, 0.25) is 4.34 Å². The zero-order valence-electron chi connectivity index (χ0n) is 13.5. The fraction of sp³-hybridized carbons (Fsp3) is 0.222. The molecular weight excluding hydrogens is 393 g/mol. The van der Waals surface area contributed by atoms with Gasteiger partial charge in [-0.05, 0) is 29.7 Å². The van der Waals surface area contributed by atoms with Crippen molar-refractivity contribution in [2.24, 2.45) is 0 Å². The van der Waals surface area contributed by atoms with E-state index < -0.39 is 0 Å². The summed E-state index contributed by atoms with van der Waals surface area (Å²) in [7, 11) is 0. The Morgan fingerprint density at radius 1 is 1.23 bits per heavy atom. The summed E-state index contributed by atoms with van der Waals surface area (Å²) in [5.74, 6) is -0.595. The molecular formula is C18H15Cl2N3O2S. The number of nitrogens with one attached hydrogen (secondary N) is 3. The first-order valence-electron chi connectivity index (χ1n) is 8.07. The molecule has 0 saturated heterocycles. The second kappa shape index (κ2) is 6.95. The van der Waals surface area contributed by atoms with Crippen molar-refractivity contribution < 1.29 is 9.59 Å². The van der Waals surface area contributed by atoms with Crippen LogP contribution in [0.5, 0.6) is 0 Å². The summed E-state index contributed by atoms with van der Waals surface area (Å²) in [5.41, 5.74) is 2.59. The third kappa shape index (κ3) is 3.20. The molecule has 5 nitrogen and oxygen atoms in total.